The highest BCUT2D eigenvalue weighted by Gasteiger charge is 2.28. The molecule has 218 valence electrons. The van der Waals surface area contributed by atoms with Crippen LogP contribution < -0.4 is 0 Å². The Morgan fingerprint density at radius 1 is 0.229 bits per heavy atom. The van der Waals surface area contributed by atoms with Crippen LogP contribution in [0.4, 0.5) is 0 Å². The molecule has 0 unspecified atom stereocenters. The Morgan fingerprint density at radius 3 is 1.73 bits per heavy atom. The number of rotatable bonds is 1. The lowest BCUT2D eigenvalue weighted by atomic mass is 9.85. The van der Waals surface area contributed by atoms with Crippen LogP contribution in [0.2, 0.25) is 0 Å². The maximum Gasteiger partial charge on any atom is -0.00137 e. The van der Waals surface area contributed by atoms with Gasteiger partial charge in [0.2, 0.25) is 0 Å². The van der Waals surface area contributed by atoms with Crippen LogP contribution in [0.25, 0.3) is 120 Å². The number of fused-ring (bicyclic) bond motifs is 13. The largest absolute Gasteiger partial charge is 0.0622 e. The van der Waals surface area contributed by atoms with Gasteiger partial charge in [0.25, 0.3) is 0 Å². The summed E-state index contributed by atoms with van der Waals surface area (Å²) in [6.07, 6.45) is 0. The molecule has 0 saturated heterocycles. The molecule has 0 radical (unpaired) electrons. The minimum absolute atomic E-state index is 1.26. The lowest BCUT2D eigenvalue weighted by molar-refractivity contribution is 1.65. The first-order valence-electron chi connectivity index (χ1n) is 16.9. The Kier molecular flexibility index (Phi) is 4.55. The van der Waals surface area contributed by atoms with Crippen molar-refractivity contribution in [3.63, 3.8) is 0 Å². The van der Waals surface area contributed by atoms with E-state index >= 15 is 0 Å². The fourth-order valence-electron chi connectivity index (χ4n) is 9.29. The highest BCUT2D eigenvalue weighted by Crippen LogP contribution is 2.55. The fraction of sp³-hybridized carbons (Fsp3) is 0. The average Bonchev–Trinajstić information content (AvgIpc) is 3.63. The molecule has 0 spiro atoms. The van der Waals surface area contributed by atoms with Gasteiger partial charge in [-0.1, -0.05) is 133 Å². The van der Waals surface area contributed by atoms with E-state index in [9.17, 15) is 0 Å². The van der Waals surface area contributed by atoms with E-state index in [-0.39, 0.29) is 0 Å². The quantitative estimate of drug-likeness (QED) is 0.164. The molecule has 48 heavy (non-hydrogen) atoms. The minimum Gasteiger partial charge on any atom is -0.0622 e. The molecule has 2 aliphatic carbocycles. The van der Waals surface area contributed by atoms with Crippen LogP contribution in [-0.4, -0.2) is 0 Å². The summed E-state index contributed by atoms with van der Waals surface area (Å²) in [4.78, 5) is 0. The predicted octanol–water partition coefficient (Wildman–Crippen LogP) is 13.6. The lowest BCUT2D eigenvalue weighted by Gasteiger charge is -2.17. The summed E-state index contributed by atoms with van der Waals surface area (Å²) < 4.78 is 0. The lowest BCUT2D eigenvalue weighted by Crippen LogP contribution is -1.90. The fourth-order valence-corrected chi connectivity index (χ4v) is 9.29. The van der Waals surface area contributed by atoms with Gasteiger partial charge in [-0.25, -0.2) is 0 Å². The van der Waals surface area contributed by atoms with E-state index in [1.165, 1.54) is 120 Å². The second-order valence-corrected chi connectivity index (χ2v) is 13.6. The van der Waals surface area contributed by atoms with Crippen LogP contribution in [0.5, 0.6) is 0 Å². The van der Waals surface area contributed by atoms with Crippen molar-refractivity contribution >= 4 is 64.6 Å². The molecule has 12 rings (SSSR count). The van der Waals surface area contributed by atoms with Crippen LogP contribution in [0, 0.1) is 0 Å². The normalized spacial score (nSPS) is 12.6. The minimum atomic E-state index is 1.26. The zero-order valence-corrected chi connectivity index (χ0v) is 26.0. The predicted molar refractivity (Wildman–Crippen MR) is 206 cm³/mol. The van der Waals surface area contributed by atoms with E-state index in [1.54, 1.807) is 0 Å². The van der Waals surface area contributed by atoms with Crippen LogP contribution >= 0.6 is 0 Å². The third-order valence-corrected chi connectivity index (χ3v) is 11.3. The molecule has 0 heteroatoms. The van der Waals surface area contributed by atoms with Crippen LogP contribution in [0.1, 0.15) is 0 Å². The summed E-state index contributed by atoms with van der Waals surface area (Å²) in [7, 11) is 0. The smallest absolute Gasteiger partial charge is 0.00137 e. The molecule has 0 fully saturated rings. The van der Waals surface area contributed by atoms with Crippen LogP contribution in [0.15, 0.2) is 158 Å². The Hall–Kier alpha value is -6.24. The molecule has 0 aliphatic heterocycles. The Bertz CT molecular complexity index is 3080. The SMILES string of the molecule is c1ccc(-c2c3c(cc4c2ccc2c5cc6c(cc5ccc42)-c2cc4ccccc4c4cccc-6c24)-c2cccc4cccc-3c24)cc1. The zero-order chi connectivity index (χ0) is 31.1. The molecule has 0 aromatic heterocycles. The highest BCUT2D eigenvalue weighted by atomic mass is 14.3. The maximum absolute atomic E-state index is 2.48. The van der Waals surface area contributed by atoms with Crippen molar-refractivity contribution < 1.29 is 0 Å². The summed E-state index contributed by atoms with van der Waals surface area (Å²) in [6, 6.07) is 59.4. The monoisotopic (exact) mass is 602 g/mol. The number of benzene rings is 10. The van der Waals surface area contributed by atoms with E-state index < -0.39 is 0 Å². The molecule has 0 atom stereocenters. The Balaban J connectivity index is 1.19. The van der Waals surface area contributed by atoms with Gasteiger partial charge in [-0.2, -0.15) is 0 Å². The first kappa shape index (κ1) is 24.9. The number of hydrogen-bond donors (Lipinski definition) is 0. The molecule has 10 aromatic carbocycles. The van der Waals surface area contributed by atoms with Gasteiger partial charge in [0.05, 0.1) is 0 Å². The van der Waals surface area contributed by atoms with Crippen molar-refractivity contribution in [1.29, 1.82) is 0 Å². The standard InChI is InChI=1S/C48H26/c1-2-9-28(10-3-1)46-37-22-21-32-33(41(37)26-44-36-15-6-12-27-13-7-18-38(45(27)36)48(44)46)20-19-30-23-40-42(25-39(30)32)35-17-8-16-34-31-14-5-4-11-29(31)24-43(40)47(34)35/h1-26H. The van der Waals surface area contributed by atoms with E-state index in [0.29, 0.717) is 0 Å². The molecule has 0 saturated carbocycles. The number of hydrogen-bond acceptors (Lipinski definition) is 0. The third-order valence-electron chi connectivity index (χ3n) is 11.3. The van der Waals surface area contributed by atoms with Crippen LogP contribution in [0.3, 0.4) is 0 Å². The molecule has 0 amide bonds. The van der Waals surface area contributed by atoms with Crippen molar-refractivity contribution in [2.45, 2.75) is 0 Å². The maximum atomic E-state index is 2.48. The van der Waals surface area contributed by atoms with Crippen molar-refractivity contribution in [3.8, 4) is 55.6 Å². The van der Waals surface area contributed by atoms with Crippen molar-refractivity contribution in [1.82, 2.24) is 0 Å². The highest BCUT2D eigenvalue weighted by molar-refractivity contribution is 6.29. The van der Waals surface area contributed by atoms with Gasteiger partial charge in [-0.3, -0.25) is 0 Å². The van der Waals surface area contributed by atoms with E-state index in [4.69, 9.17) is 0 Å². The molecule has 0 N–H and O–H groups in total. The molecule has 0 bridgehead atoms. The summed E-state index contributed by atoms with van der Waals surface area (Å²) in [5.74, 6) is 0. The van der Waals surface area contributed by atoms with Crippen molar-refractivity contribution in [2.24, 2.45) is 0 Å². The van der Waals surface area contributed by atoms with Gasteiger partial charge < -0.3 is 0 Å². The molecule has 2 aliphatic rings. The van der Waals surface area contributed by atoms with Crippen molar-refractivity contribution in [3.05, 3.63) is 158 Å². The zero-order valence-electron chi connectivity index (χ0n) is 26.0. The molecular weight excluding hydrogens is 577 g/mol. The molecule has 0 heterocycles. The summed E-state index contributed by atoms with van der Waals surface area (Å²) in [6.45, 7) is 0. The Labute approximate surface area is 277 Å². The summed E-state index contributed by atoms with van der Waals surface area (Å²) in [5, 5.41) is 15.9. The summed E-state index contributed by atoms with van der Waals surface area (Å²) >= 11 is 0. The van der Waals surface area contributed by atoms with E-state index in [1.807, 2.05) is 0 Å². The van der Waals surface area contributed by atoms with E-state index in [0.717, 1.165) is 0 Å². The topological polar surface area (TPSA) is 0 Å². The van der Waals surface area contributed by atoms with Gasteiger partial charge in [0.15, 0.2) is 0 Å². The summed E-state index contributed by atoms with van der Waals surface area (Å²) in [5.41, 5.74) is 13.4. The molecular formula is C48H26. The van der Waals surface area contributed by atoms with Gasteiger partial charge in [-0.15, -0.1) is 0 Å². The van der Waals surface area contributed by atoms with Gasteiger partial charge >= 0.3 is 0 Å². The van der Waals surface area contributed by atoms with Gasteiger partial charge in [-0.05, 0) is 145 Å². The van der Waals surface area contributed by atoms with Gasteiger partial charge in [0.1, 0.15) is 0 Å². The molecule has 10 aromatic rings. The first-order chi connectivity index (χ1) is 23.8. The second kappa shape index (κ2) is 8.76. The third kappa shape index (κ3) is 3.01. The van der Waals surface area contributed by atoms with Crippen molar-refractivity contribution in [2.75, 3.05) is 0 Å². The first-order valence-corrected chi connectivity index (χ1v) is 16.9. The Morgan fingerprint density at radius 2 is 0.833 bits per heavy atom. The second-order valence-electron chi connectivity index (χ2n) is 13.6. The van der Waals surface area contributed by atoms with E-state index in [2.05, 4.69) is 158 Å². The molecule has 0 nitrogen and oxygen atoms in total. The average molecular weight is 603 g/mol. The van der Waals surface area contributed by atoms with Gasteiger partial charge in [0, 0.05) is 0 Å². The van der Waals surface area contributed by atoms with Crippen LogP contribution in [-0.2, 0) is 0 Å².